The van der Waals surface area contributed by atoms with E-state index in [9.17, 15) is 4.79 Å². The lowest BCUT2D eigenvalue weighted by Gasteiger charge is -2.14. The average Bonchev–Trinajstić information content (AvgIpc) is 2.84. The molecule has 1 heterocycles. The number of carbonyl (C=O) groups excluding carboxylic acids is 1. The van der Waals surface area contributed by atoms with Crippen molar-refractivity contribution < 1.29 is 14.3 Å². The van der Waals surface area contributed by atoms with E-state index in [1.54, 1.807) is 7.11 Å². The number of para-hydroxylation sites is 2. The van der Waals surface area contributed by atoms with Crippen molar-refractivity contribution in [1.82, 2.24) is 15.3 Å². The fraction of sp³-hybridized carbons (Fsp3) is 0.160. The summed E-state index contributed by atoms with van der Waals surface area (Å²) in [5, 5.41) is 10.3. The Morgan fingerprint density at radius 1 is 0.853 bits per heavy atom. The van der Waals surface area contributed by atoms with E-state index in [1.165, 1.54) is 7.11 Å². The van der Waals surface area contributed by atoms with Crippen LogP contribution in [0.3, 0.4) is 0 Å². The first-order valence-electron chi connectivity index (χ1n) is 10.4. The molecule has 9 heteroatoms. The first-order chi connectivity index (χ1) is 16.2. The van der Waals surface area contributed by atoms with E-state index in [2.05, 4.69) is 20.9 Å². The summed E-state index contributed by atoms with van der Waals surface area (Å²) in [4.78, 5) is 21.0. The van der Waals surface area contributed by atoms with Gasteiger partial charge in [-0.25, -0.2) is 4.98 Å². The number of halogens is 1. The van der Waals surface area contributed by atoms with Crippen molar-refractivity contribution in [2.24, 2.45) is 0 Å². The monoisotopic (exact) mass is 479 g/mol. The highest BCUT2D eigenvalue weighted by Crippen LogP contribution is 2.31. The van der Waals surface area contributed by atoms with Gasteiger partial charge in [0, 0.05) is 30.4 Å². The minimum absolute atomic E-state index is 0. The molecule has 3 N–H and O–H groups in total. The molecule has 0 saturated heterocycles. The zero-order valence-electron chi connectivity index (χ0n) is 18.9. The Hall–Kier alpha value is -3.88. The molecule has 0 unspecified atom stereocenters. The summed E-state index contributed by atoms with van der Waals surface area (Å²) >= 11 is 0. The number of methoxy groups -OCH3 is 2. The molecule has 0 radical (unpaired) electrons. The number of carbonyl (C=O) groups is 1. The third kappa shape index (κ3) is 6.12. The van der Waals surface area contributed by atoms with E-state index in [0.717, 1.165) is 22.3 Å². The van der Waals surface area contributed by atoms with Gasteiger partial charge in [0.25, 0.3) is 0 Å². The highest BCUT2D eigenvalue weighted by Gasteiger charge is 2.12. The number of hydrogen-bond donors (Lipinski definition) is 3. The molecule has 34 heavy (non-hydrogen) atoms. The Labute approximate surface area is 204 Å². The first-order valence-corrected chi connectivity index (χ1v) is 10.4. The van der Waals surface area contributed by atoms with Gasteiger partial charge in [0.15, 0.2) is 0 Å². The maximum atomic E-state index is 11.6. The van der Waals surface area contributed by atoms with Crippen LogP contribution in [0.25, 0.3) is 10.9 Å². The van der Waals surface area contributed by atoms with Crippen molar-refractivity contribution in [3.63, 3.8) is 0 Å². The molecule has 1 aromatic heterocycles. The van der Waals surface area contributed by atoms with Gasteiger partial charge in [0.2, 0.25) is 11.9 Å². The van der Waals surface area contributed by atoms with Crippen LogP contribution < -0.4 is 20.7 Å². The Balaban J connectivity index is 0.00000324. The zero-order chi connectivity index (χ0) is 23.0. The molecule has 0 atom stereocenters. The van der Waals surface area contributed by atoms with E-state index in [4.69, 9.17) is 14.5 Å². The Kier molecular flexibility index (Phi) is 8.61. The van der Waals surface area contributed by atoms with E-state index < -0.39 is 0 Å². The lowest BCUT2D eigenvalue weighted by atomic mass is 10.2. The predicted octanol–water partition coefficient (Wildman–Crippen LogP) is 4.81. The van der Waals surface area contributed by atoms with Crippen LogP contribution in [-0.2, 0) is 16.1 Å². The molecule has 8 nitrogen and oxygen atoms in total. The van der Waals surface area contributed by atoms with Crippen LogP contribution in [0, 0.1) is 0 Å². The quantitative estimate of drug-likeness (QED) is 0.317. The Morgan fingerprint density at radius 2 is 1.59 bits per heavy atom. The zero-order valence-corrected chi connectivity index (χ0v) is 19.7. The van der Waals surface area contributed by atoms with E-state index >= 15 is 0 Å². The molecule has 0 aliphatic carbocycles. The number of nitrogens with zero attached hydrogens (tertiary/aromatic N) is 2. The van der Waals surface area contributed by atoms with Gasteiger partial charge in [0.05, 0.1) is 7.11 Å². The normalized spacial score (nSPS) is 10.3. The maximum Gasteiger partial charge on any atom is 0.246 e. The van der Waals surface area contributed by atoms with E-state index in [-0.39, 0.29) is 24.9 Å². The maximum absolute atomic E-state index is 11.6. The minimum atomic E-state index is -0.156. The molecular weight excluding hydrogens is 454 g/mol. The second-order valence-electron chi connectivity index (χ2n) is 7.27. The summed E-state index contributed by atoms with van der Waals surface area (Å²) in [6.07, 6.45) is 0. The van der Waals surface area contributed by atoms with Gasteiger partial charge in [-0.2, -0.15) is 4.98 Å². The summed E-state index contributed by atoms with van der Waals surface area (Å²) in [5.74, 6) is 1.62. The molecule has 0 aliphatic heterocycles. The van der Waals surface area contributed by atoms with Crippen LogP contribution in [0.5, 0.6) is 5.75 Å². The van der Waals surface area contributed by atoms with Crippen LogP contribution >= 0.6 is 12.4 Å². The fourth-order valence-corrected chi connectivity index (χ4v) is 3.32. The largest absolute Gasteiger partial charge is 0.494 e. The molecule has 0 saturated carbocycles. The number of rotatable bonds is 9. The van der Waals surface area contributed by atoms with E-state index in [1.807, 2.05) is 72.8 Å². The van der Waals surface area contributed by atoms with Gasteiger partial charge in [-0.1, -0.05) is 36.4 Å². The number of anilines is 4. The van der Waals surface area contributed by atoms with Gasteiger partial charge in [0.1, 0.15) is 23.7 Å². The second kappa shape index (κ2) is 11.8. The van der Waals surface area contributed by atoms with Crippen LogP contribution in [0.1, 0.15) is 5.56 Å². The third-order valence-electron chi connectivity index (χ3n) is 4.92. The van der Waals surface area contributed by atoms with E-state index in [0.29, 0.717) is 29.6 Å². The smallest absolute Gasteiger partial charge is 0.246 e. The number of benzene rings is 3. The van der Waals surface area contributed by atoms with Gasteiger partial charge >= 0.3 is 0 Å². The van der Waals surface area contributed by atoms with Crippen LogP contribution in [-0.4, -0.2) is 36.7 Å². The number of ether oxygens (including phenoxy) is 2. The predicted molar refractivity (Wildman–Crippen MR) is 137 cm³/mol. The van der Waals surface area contributed by atoms with Crippen molar-refractivity contribution in [2.75, 3.05) is 31.5 Å². The average molecular weight is 480 g/mol. The van der Waals surface area contributed by atoms with Gasteiger partial charge in [-0.05, 0) is 42.0 Å². The lowest BCUT2D eigenvalue weighted by Crippen LogP contribution is -2.26. The highest BCUT2D eigenvalue weighted by molar-refractivity contribution is 5.95. The Morgan fingerprint density at radius 3 is 2.29 bits per heavy atom. The number of aromatic nitrogens is 2. The summed E-state index contributed by atoms with van der Waals surface area (Å²) in [6.45, 7) is 0.471. The summed E-state index contributed by atoms with van der Waals surface area (Å²) in [5.41, 5.74) is 3.42. The summed E-state index contributed by atoms with van der Waals surface area (Å²) < 4.78 is 10.3. The molecule has 176 valence electrons. The number of hydrogen-bond acceptors (Lipinski definition) is 7. The van der Waals surface area contributed by atoms with Gasteiger partial charge in [-0.3, -0.25) is 4.79 Å². The molecule has 0 spiro atoms. The number of amides is 1. The van der Waals surface area contributed by atoms with Crippen molar-refractivity contribution >= 4 is 52.4 Å². The lowest BCUT2D eigenvalue weighted by molar-refractivity contribution is -0.124. The molecule has 0 fully saturated rings. The molecular formula is C25H26ClN5O3. The summed E-state index contributed by atoms with van der Waals surface area (Å²) in [6, 6.07) is 23.3. The minimum Gasteiger partial charge on any atom is -0.494 e. The topological polar surface area (TPSA) is 97.4 Å². The summed E-state index contributed by atoms with van der Waals surface area (Å²) in [7, 11) is 3.11. The second-order valence-corrected chi connectivity index (χ2v) is 7.27. The standard InChI is InChI=1S/C25H25N5O3.ClH/c1-32-16-22(31)26-15-17-11-13-19(14-12-17)28-25-29-23-20(9-6-10-21(23)33-2)24(30-25)27-18-7-4-3-5-8-18;/h3-14H,15-16H2,1-2H3,(H,26,31)(H2,27,28,29,30);1H. The fourth-order valence-electron chi connectivity index (χ4n) is 3.32. The van der Waals surface area contributed by atoms with Crippen LogP contribution in [0.4, 0.5) is 23.1 Å². The van der Waals surface area contributed by atoms with Crippen molar-refractivity contribution in [3.05, 3.63) is 78.4 Å². The molecule has 1 amide bonds. The van der Waals surface area contributed by atoms with Crippen molar-refractivity contribution in [2.45, 2.75) is 6.54 Å². The van der Waals surface area contributed by atoms with Gasteiger partial charge in [-0.15, -0.1) is 12.4 Å². The molecule has 0 bridgehead atoms. The molecule has 4 aromatic rings. The van der Waals surface area contributed by atoms with Gasteiger partial charge < -0.3 is 25.4 Å². The van der Waals surface area contributed by atoms with Crippen LogP contribution in [0.15, 0.2) is 72.8 Å². The van der Waals surface area contributed by atoms with Crippen molar-refractivity contribution in [3.8, 4) is 5.75 Å². The van der Waals surface area contributed by atoms with Crippen LogP contribution in [0.2, 0.25) is 0 Å². The third-order valence-corrected chi connectivity index (χ3v) is 4.92. The Bertz CT molecular complexity index is 1240. The van der Waals surface area contributed by atoms with Crippen molar-refractivity contribution in [1.29, 1.82) is 0 Å². The number of nitrogens with one attached hydrogen (secondary N) is 3. The highest BCUT2D eigenvalue weighted by atomic mass is 35.5. The molecule has 4 rings (SSSR count). The molecule has 3 aromatic carbocycles. The molecule has 0 aliphatic rings. The first kappa shape index (κ1) is 24.8. The SMILES string of the molecule is COCC(=O)NCc1ccc(Nc2nc(Nc3ccccc3)c3cccc(OC)c3n2)cc1.Cl. The number of fused-ring (bicyclic) bond motifs is 1.